The van der Waals surface area contributed by atoms with Crippen molar-refractivity contribution in [3.8, 4) is 0 Å². The van der Waals surface area contributed by atoms with Gasteiger partial charge in [-0.25, -0.2) is 17.2 Å². The number of sulfonamides is 1. The minimum absolute atomic E-state index is 0.0463. The zero-order valence-electron chi connectivity index (χ0n) is 16.0. The highest BCUT2D eigenvalue weighted by Gasteiger charge is 2.27. The Morgan fingerprint density at radius 3 is 1.87 bits per heavy atom. The molecule has 0 heterocycles. The molecule has 0 aromatic heterocycles. The molecule has 0 aliphatic rings. The van der Waals surface area contributed by atoms with Gasteiger partial charge in [0.2, 0.25) is 11.8 Å². The molecular formula is C21H17F2N3O4S. The summed E-state index contributed by atoms with van der Waals surface area (Å²) in [6, 6.07) is 14.3. The Balaban J connectivity index is 1.89. The van der Waals surface area contributed by atoms with Crippen molar-refractivity contribution in [3.63, 3.8) is 0 Å². The van der Waals surface area contributed by atoms with Gasteiger partial charge in [-0.15, -0.1) is 0 Å². The molecule has 0 saturated carbocycles. The molecule has 0 bridgehead atoms. The normalized spacial score (nSPS) is 11.0. The first-order valence-electron chi connectivity index (χ1n) is 8.90. The van der Waals surface area contributed by atoms with E-state index < -0.39 is 40.0 Å². The van der Waals surface area contributed by atoms with E-state index in [2.05, 4.69) is 5.32 Å². The van der Waals surface area contributed by atoms with E-state index in [9.17, 15) is 26.8 Å². The molecule has 160 valence electrons. The molecule has 3 rings (SSSR count). The van der Waals surface area contributed by atoms with Gasteiger partial charge in [0.05, 0.1) is 10.6 Å². The smallest absolute Gasteiger partial charge is 0.264 e. The molecule has 0 spiro atoms. The first-order valence-corrected chi connectivity index (χ1v) is 10.3. The maximum Gasteiger partial charge on any atom is 0.264 e. The number of benzene rings is 3. The molecule has 3 aromatic carbocycles. The summed E-state index contributed by atoms with van der Waals surface area (Å²) < 4.78 is 53.6. The van der Waals surface area contributed by atoms with E-state index in [1.165, 1.54) is 36.4 Å². The van der Waals surface area contributed by atoms with Gasteiger partial charge in [-0.3, -0.25) is 13.9 Å². The van der Waals surface area contributed by atoms with Gasteiger partial charge in [-0.1, -0.05) is 0 Å². The van der Waals surface area contributed by atoms with E-state index in [1.807, 2.05) is 0 Å². The van der Waals surface area contributed by atoms with Crippen LogP contribution in [-0.2, 0) is 14.8 Å². The fraction of sp³-hybridized carbons (Fsp3) is 0.0476. The van der Waals surface area contributed by atoms with Crippen molar-refractivity contribution in [1.29, 1.82) is 0 Å². The summed E-state index contributed by atoms with van der Waals surface area (Å²) in [7, 11) is -4.27. The monoisotopic (exact) mass is 445 g/mol. The van der Waals surface area contributed by atoms with E-state index in [4.69, 9.17) is 5.73 Å². The van der Waals surface area contributed by atoms with Crippen molar-refractivity contribution in [1.82, 2.24) is 0 Å². The van der Waals surface area contributed by atoms with Gasteiger partial charge in [-0.05, 0) is 72.8 Å². The quantitative estimate of drug-likeness (QED) is 0.583. The highest BCUT2D eigenvalue weighted by Crippen LogP contribution is 2.24. The third kappa shape index (κ3) is 5.23. The van der Waals surface area contributed by atoms with E-state index in [0.29, 0.717) is 5.69 Å². The molecule has 0 radical (unpaired) electrons. The molecule has 0 atom stereocenters. The molecule has 10 heteroatoms. The lowest BCUT2D eigenvalue weighted by molar-refractivity contribution is -0.114. The Hall–Kier alpha value is -3.79. The Morgan fingerprint density at radius 1 is 0.839 bits per heavy atom. The van der Waals surface area contributed by atoms with Crippen LogP contribution in [0.25, 0.3) is 0 Å². The molecule has 7 nitrogen and oxygen atoms in total. The molecule has 0 unspecified atom stereocenters. The van der Waals surface area contributed by atoms with Crippen LogP contribution in [0, 0.1) is 11.6 Å². The van der Waals surface area contributed by atoms with Gasteiger partial charge >= 0.3 is 0 Å². The van der Waals surface area contributed by atoms with Gasteiger partial charge in [0, 0.05) is 11.3 Å². The molecule has 3 N–H and O–H groups in total. The molecule has 0 fully saturated rings. The summed E-state index contributed by atoms with van der Waals surface area (Å²) in [4.78, 5) is 23.5. The number of carbonyl (C=O) groups is 2. The average Bonchev–Trinajstić information content (AvgIpc) is 2.73. The van der Waals surface area contributed by atoms with Crippen molar-refractivity contribution >= 4 is 33.2 Å². The zero-order chi connectivity index (χ0) is 22.6. The summed E-state index contributed by atoms with van der Waals surface area (Å²) in [6.07, 6.45) is 0. The van der Waals surface area contributed by atoms with Crippen molar-refractivity contribution in [2.75, 3.05) is 16.2 Å². The van der Waals surface area contributed by atoms with Crippen LogP contribution in [0.3, 0.4) is 0 Å². The summed E-state index contributed by atoms with van der Waals surface area (Å²) >= 11 is 0. The van der Waals surface area contributed by atoms with Crippen LogP contribution < -0.4 is 15.4 Å². The lowest BCUT2D eigenvalue weighted by atomic mass is 10.2. The van der Waals surface area contributed by atoms with Crippen LogP contribution in [-0.4, -0.2) is 26.8 Å². The summed E-state index contributed by atoms with van der Waals surface area (Å²) in [6.45, 7) is -0.636. The minimum Gasteiger partial charge on any atom is -0.366 e. The Morgan fingerprint density at radius 2 is 1.35 bits per heavy atom. The van der Waals surface area contributed by atoms with E-state index in [0.717, 1.165) is 40.7 Å². The van der Waals surface area contributed by atoms with Gasteiger partial charge in [0.15, 0.2) is 0 Å². The van der Waals surface area contributed by atoms with Crippen LogP contribution in [0.1, 0.15) is 10.4 Å². The zero-order valence-corrected chi connectivity index (χ0v) is 16.8. The van der Waals surface area contributed by atoms with Crippen molar-refractivity contribution < 1.29 is 26.8 Å². The topological polar surface area (TPSA) is 110 Å². The summed E-state index contributed by atoms with van der Waals surface area (Å²) in [5, 5.41) is 2.52. The van der Waals surface area contributed by atoms with Crippen molar-refractivity contribution in [2.24, 2.45) is 5.73 Å². The Kier molecular flexibility index (Phi) is 6.30. The van der Waals surface area contributed by atoms with Crippen LogP contribution in [0.5, 0.6) is 0 Å². The number of halogens is 2. The van der Waals surface area contributed by atoms with Gasteiger partial charge in [-0.2, -0.15) is 0 Å². The highest BCUT2D eigenvalue weighted by molar-refractivity contribution is 7.92. The number of rotatable bonds is 7. The van der Waals surface area contributed by atoms with Crippen LogP contribution >= 0.6 is 0 Å². The molecule has 0 saturated heterocycles. The lowest BCUT2D eigenvalue weighted by Crippen LogP contribution is -2.38. The number of hydrogen-bond acceptors (Lipinski definition) is 4. The first-order chi connectivity index (χ1) is 14.7. The van der Waals surface area contributed by atoms with Crippen LogP contribution in [0.15, 0.2) is 77.7 Å². The molecule has 3 aromatic rings. The third-order valence-electron chi connectivity index (χ3n) is 4.26. The molecule has 31 heavy (non-hydrogen) atoms. The fourth-order valence-electron chi connectivity index (χ4n) is 2.70. The molecule has 2 amide bonds. The maximum absolute atomic E-state index is 13.3. The molecule has 0 aliphatic heterocycles. The lowest BCUT2D eigenvalue weighted by Gasteiger charge is -2.24. The number of hydrogen-bond donors (Lipinski definition) is 2. The van der Waals surface area contributed by atoms with E-state index >= 15 is 0 Å². The van der Waals surface area contributed by atoms with Crippen molar-refractivity contribution in [3.05, 3.63) is 90.0 Å². The number of primary amides is 1. The standard InChI is InChI=1S/C21H17F2N3O4S/c22-15-3-9-18(10-4-15)26(31(29,30)19-11-5-16(23)6-12-19)13-20(27)25-17-7-1-14(2-8-17)21(24)28/h1-12H,13H2,(H2,24,28)(H,25,27). The van der Waals surface area contributed by atoms with Crippen LogP contribution in [0.4, 0.5) is 20.2 Å². The average molecular weight is 445 g/mol. The SMILES string of the molecule is NC(=O)c1ccc(NC(=O)CN(c2ccc(F)cc2)S(=O)(=O)c2ccc(F)cc2)cc1. The Labute approximate surface area is 177 Å². The predicted molar refractivity (Wildman–Crippen MR) is 111 cm³/mol. The van der Waals surface area contributed by atoms with Gasteiger partial charge in [0.1, 0.15) is 18.2 Å². The van der Waals surface area contributed by atoms with Gasteiger partial charge < -0.3 is 11.1 Å². The summed E-state index contributed by atoms with van der Waals surface area (Å²) in [5.41, 5.74) is 5.77. The predicted octanol–water partition coefficient (Wildman–Crippen LogP) is 2.90. The second kappa shape index (κ2) is 8.92. The fourth-order valence-corrected chi connectivity index (χ4v) is 4.13. The number of amides is 2. The number of nitrogens with two attached hydrogens (primary N) is 1. The maximum atomic E-state index is 13.3. The number of anilines is 2. The van der Waals surface area contributed by atoms with Crippen molar-refractivity contribution in [2.45, 2.75) is 4.90 Å². The molecular weight excluding hydrogens is 428 g/mol. The largest absolute Gasteiger partial charge is 0.366 e. The second-order valence-electron chi connectivity index (χ2n) is 6.43. The minimum atomic E-state index is -4.27. The first kappa shape index (κ1) is 21.9. The number of carbonyl (C=O) groups excluding carboxylic acids is 2. The number of nitrogens with one attached hydrogen (secondary N) is 1. The Bertz CT molecular complexity index is 1200. The third-order valence-corrected chi connectivity index (χ3v) is 6.04. The van der Waals surface area contributed by atoms with Crippen LogP contribution in [0.2, 0.25) is 0 Å². The highest BCUT2D eigenvalue weighted by atomic mass is 32.2. The second-order valence-corrected chi connectivity index (χ2v) is 8.29. The van der Waals surface area contributed by atoms with E-state index in [1.54, 1.807) is 0 Å². The van der Waals surface area contributed by atoms with E-state index in [-0.39, 0.29) is 16.1 Å². The number of nitrogens with zero attached hydrogens (tertiary/aromatic N) is 1. The molecule has 0 aliphatic carbocycles. The van der Waals surface area contributed by atoms with Gasteiger partial charge in [0.25, 0.3) is 10.0 Å². The summed E-state index contributed by atoms with van der Waals surface area (Å²) in [5.74, 6) is -2.53.